The predicted octanol–water partition coefficient (Wildman–Crippen LogP) is 4.84. The van der Waals surface area contributed by atoms with Crippen LogP contribution in [-0.4, -0.2) is 55.9 Å². The van der Waals surface area contributed by atoms with Crippen LogP contribution < -0.4 is 4.90 Å². The van der Waals surface area contributed by atoms with Gasteiger partial charge in [0.05, 0.1) is 24.3 Å². The van der Waals surface area contributed by atoms with Crippen LogP contribution in [0.15, 0.2) is 52.5 Å². The van der Waals surface area contributed by atoms with E-state index in [1.54, 1.807) is 23.7 Å². The summed E-state index contributed by atoms with van der Waals surface area (Å²) < 4.78 is 1.98. The lowest BCUT2D eigenvalue weighted by molar-refractivity contribution is 0.0862. The molecule has 0 saturated carbocycles. The van der Waals surface area contributed by atoms with E-state index in [-0.39, 0.29) is 11.4 Å². The standard InChI is InChI=1S/C26H30N6OS/c1-16(2)34-24-21-22(31-15-26(4,5)28-25(31)30(6)23(21)33)29-32(24)14-18-10-12-19(13-11-18)20-9-7-8-17(3)27-20/h7-13,16H,14-15H2,1-6H3. The number of aromatic nitrogens is 3. The maximum absolute atomic E-state index is 13.4. The average molecular weight is 475 g/mol. The van der Waals surface area contributed by atoms with Crippen molar-refractivity contribution in [2.24, 2.45) is 4.99 Å². The molecule has 4 heterocycles. The fourth-order valence-corrected chi connectivity index (χ4v) is 5.40. The predicted molar refractivity (Wildman–Crippen MR) is 138 cm³/mol. The van der Waals surface area contributed by atoms with Crippen molar-refractivity contribution >= 4 is 29.4 Å². The smallest absolute Gasteiger partial charge is 0.266 e. The van der Waals surface area contributed by atoms with Crippen LogP contribution in [0.25, 0.3) is 11.3 Å². The molecule has 0 radical (unpaired) electrons. The highest BCUT2D eigenvalue weighted by molar-refractivity contribution is 7.99. The number of thioether (sulfide) groups is 1. The summed E-state index contributed by atoms with van der Waals surface area (Å²) in [6.07, 6.45) is 0. The second-order valence-electron chi connectivity index (χ2n) is 9.86. The molecule has 0 bridgehead atoms. The Morgan fingerprint density at radius 2 is 1.85 bits per heavy atom. The number of aryl methyl sites for hydroxylation is 1. The van der Waals surface area contributed by atoms with Gasteiger partial charge in [0.2, 0.25) is 5.96 Å². The fraction of sp³-hybridized carbons (Fsp3) is 0.385. The van der Waals surface area contributed by atoms with Crippen LogP contribution in [0.3, 0.4) is 0 Å². The maximum atomic E-state index is 13.4. The zero-order valence-corrected chi connectivity index (χ0v) is 21.3. The number of fused-ring (bicyclic) bond motifs is 3. The normalized spacial score (nSPS) is 16.7. The van der Waals surface area contributed by atoms with Gasteiger partial charge in [-0.2, -0.15) is 5.10 Å². The molecule has 0 fully saturated rings. The maximum Gasteiger partial charge on any atom is 0.266 e. The molecule has 0 unspecified atom stereocenters. The molecule has 1 aromatic carbocycles. The lowest BCUT2D eigenvalue weighted by Gasteiger charge is -2.30. The lowest BCUT2D eigenvalue weighted by atomic mass is 10.1. The molecule has 0 atom stereocenters. The number of hydrogen-bond acceptors (Lipinski definition) is 6. The Balaban J connectivity index is 1.52. The van der Waals surface area contributed by atoms with Gasteiger partial charge >= 0.3 is 0 Å². The number of carbonyl (C=O) groups is 1. The Hall–Kier alpha value is -3.13. The van der Waals surface area contributed by atoms with Crippen molar-refractivity contribution in [1.29, 1.82) is 0 Å². The van der Waals surface area contributed by atoms with Gasteiger partial charge in [-0.15, -0.1) is 11.8 Å². The summed E-state index contributed by atoms with van der Waals surface area (Å²) in [6, 6.07) is 14.5. The number of hydrogen-bond donors (Lipinski definition) is 0. The number of aliphatic imine (C=N–C) groups is 1. The topological polar surface area (TPSA) is 66.6 Å². The van der Waals surface area contributed by atoms with Crippen LogP contribution in [0.1, 0.15) is 49.3 Å². The van der Waals surface area contributed by atoms with Gasteiger partial charge in [-0.3, -0.25) is 24.3 Å². The first-order chi connectivity index (χ1) is 16.1. The first-order valence-corrected chi connectivity index (χ1v) is 12.5. The Morgan fingerprint density at radius 3 is 2.53 bits per heavy atom. The van der Waals surface area contributed by atoms with E-state index in [1.807, 2.05) is 29.8 Å². The van der Waals surface area contributed by atoms with Crippen molar-refractivity contribution in [3.63, 3.8) is 0 Å². The van der Waals surface area contributed by atoms with E-state index in [4.69, 9.17) is 10.1 Å². The van der Waals surface area contributed by atoms with E-state index in [1.165, 1.54) is 0 Å². The number of pyridine rings is 1. The zero-order chi connectivity index (χ0) is 24.2. The van der Waals surface area contributed by atoms with Crippen molar-refractivity contribution in [2.75, 3.05) is 18.5 Å². The van der Waals surface area contributed by atoms with Gasteiger partial charge in [-0.25, -0.2) is 4.99 Å². The van der Waals surface area contributed by atoms with E-state index in [0.29, 0.717) is 29.9 Å². The quantitative estimate of drug-likeness (QED) is 0.495. The molecule has 3 aromatic rings. The third-order valence-electron chi connectivity index (χ3n) is 5.97. The number of anilines is 1. The van der Waals surface area contributed by atoms with Crippen molar-refractivity contribution in [2.45, 2.75) is 57.0 Å². The third-order valence-corrected chi connectivity index (χ3v) is 7.08. The summed E-state index contributed by atoms with van der Waals surface area (Å²) in [4.78, 5) is 26.6. The van der Waals surface area contributed by atoms with E-state index >= 15 is 0 Å². The number of rotatable bonds is 5. The summed E-state index contributed by atoms with van der Waals surface area (Å²) >= 11 is 1.68. The molecule has 0 N–H and O–H groups in total. The molecule has 1 amide bonds. The Labute approximate surface area is 204 Å². The molecule has 5 rings (SSSR count). The Bertz CT molecular complexity index is 1290. The number of carbonyl (C=O) groups excluding carboxylic acids is 1. The molecule has 0 spiro atoms. The average Bonchev–Trinajstić information content (AvgIpc) is 3.29. The van der Waals surface area contributed by atoms with Crippen LogP contribution >= 0.6 is 11.8 Å². The van der Waals surface area contributed by atoms with Crippen molar-refractivity contribution in [1.82, 2.24) is 19.7 Å². The highest BCUT2D eigenvalue weighted by atomic mass is 32.2. The zero-order valence-electron chi connectivity index (χ0n) is 20.5. The summed E-state index contributed by atoms with van der Waals surface area (Å²) in [5.41, 5.74) is 4.59. The molecule has 0 saturated heterocycles. The minimum Gasteiger partial charge on any atom is -0.292 e. The van der Waals surface area contributed by atoms with Crippen molar-refractivity contribution in [3.05, 3.63) is 59.3 Å². The van der Waals surface area contributed by atoms with E-state index in [0.717, 1.165) is 33.4 Å². The molecule has 34 heavy (non-hydrogen) atoms. The van der Waals surface area contributed by atoms with Gasteiger partial charge in [0.15, 0.2) is 5.82 Å². The molecular formula is C26H30N6OS. The summed E-state index contributed by atoms with van der Waals surface area (Å²) in [5, 5.41) is 6.19. The first kappa shape index (κ1) is 22.7. The molecule has 7 nitrogen and oxygen atoms in total. The van der Waals surface area contributed by atoms with Gasteiger partial charge in [0.1, 0.15) is 10.6 Å². The van der Waals surface area contributed by atoms with Gasteiger partial charge in [0, 0.05) is 23.6 Å². The second-order valence-corrected chi connectivity index (χ2v) is 11.4. The van der Waals surface area contributed by atoms with Crippen LogP contribution in [0.4, 0.5) is 5.82 Å². The number of guanidine groups is 1. The number of nitrogens with zero attached hydrogens (tertiary/aromatic N) is 6. The van der Waals surface area contributed by atoms with Gasteiger partial charge in [-0.1, -0.05) is 44.2 Å². The monoisotopic (exact) mass is 474 g/mol. The van der Waals surface area contributed by atoms with Crippen molar-refractivity contribution in [3.8, 4) is 11.3 Å². The van der Waals surface area contributed by atoms with Crippen molar-refractivity contribution < 1.29 is 4.79 Å². The Morgan fingerprint density at radius 1 is 1.12 bits per heavy atom. The minimum absolute atomic E-state index is 0.0435. The fourth-order valence-electron chi connectivity index (χ4n) is 4.43. The highest BCUT2D eigenvalue weighted by Gasteiger charge is 2.45. The van der Waals surface area contributed by atoms with Crippen LogP contribution in [-0.2, 0) is 6.54 Å². The first-order valence-electron chi connectivity index (χ1n) is 11.6. The van der Waals surface area contributed by atoms with E-state index in [2.05, 4.69) is 61.8 Å². The van der Waals surface area contributed by atoms with Gasteiger partial charge in [0.25, 0.3) is 5.91 Å². The second kappa shape index (κ2) is 8.27. The largest absolute Gasteiger partial charge is 0.292 e. The summed E-state index contributed by atoms with van der Waals surface area (Å²) in [6.45, 7) is 11.7. The van der Waals surface area contributed by atoms with Gasteiger partial charge in [-0.05, 0) is 38.5 Å². The Kier molecular flexibility index (Phi) is 5.51. The molecule has 8 heteroatoms. The number of amides is 1. The molecule has 0 aliphatic carbocycles. The number of benzene rings is 1. The molecule has 2 aromatic heterocycles. The molecule has 176 valence electrons. The summed E-state index contributed by atoms with van der Waals surface area (Å²) in [7, 11) is 1.80. The van der Waals surface area contributed by atoms with E-state index < -0.39 is 0 Å². The lowest BCUT2D eigenvalue weighted by Crippen LogP contribution is -2.48. The SMILES string of the molecule is Cc1cccc(-c2ccc(Cn3nc4c(c3SC(C)C)C(=O)N(C)C3=NC(C)(C)CN34)cc2)n1. The molecule has 2 aliphatic heterocycles. The summed E-state index contributed by atoms with van der Waals surface area (Å²) in [5.74, 6) is 1.36. The molecule has 2 aliphatic rings. The van der Waals surface area contributed by atoms with Crippen LogP contribution in [0.5, 0.6) is 0 Å². The van der Waals surface area contributed by atoms with Gasteiger partial charge < -0.3 is 0 Å². The van der Waals surface area contributed by atoms with Crippen LogP contribution in [0, 0.1) is 6.92 Å². The van der Waals surface area contributed by atoms with E-state index in [9.17, 15) is 4.79 Å². The minimum atomic E-state index is -0.264. The highest BCUT2D eigenvalue weighted by Crippen LogP contribution is 2.40. The molecular weight excluding hydrogens is 444 g/mol. The van der Waals surface area contributed by atoms with Crippen LogP contribution in [0.2, 0.25) is 0 Å². The third kappa shape index (κ3) is 4.00.